The van der Waals surface area contributed by atoms with Crippen molar-refractivity contribution in [2.75, 3.05) is 20.4 Å². The van der Waals surface area contributed by atoms with Crippen molar-refractivity contribution in [3.8, 4) is 17.2 Å². The summed E-state index contributed by atoms with van der Waals surface area (Å²) in [6, 6.07) is 13.2. The van der Waals surface area contributed by atoms with E-state index in [0.29, 0.717) is 24.5 Å². The van der Waals surface area contributed by atoms with E-state index < -0.39 is 5.54 Å². The molecule has 3 heterocycles. The molecule has 3 aliphatic heterocycles. The number of carbonyl (C=O) groups excluding carboxylic acids is 2. The van der Waals surface area contributed by atoms with E-state index in [2.05, 4.69) is 5.32 Å². The lowest BCUT2D eigenvalue weighted by Gasteiger charge is -2.48. The van der Waals surface area contributed by atoms with Gasteiger partial charge >= 0.3 is 0 Å². The van der Waals surface area contributed by atoms with E-state index in [9.17, 15) is 9.59 Å². The summed E-state index contributed by atoms with van der Waals surface area (Å²) >= 11 is 0. The largest absolute Gasteiger partial charge is 0.497 e. The Bertz CT molecular complexity index is 1010. The van der Waals surface area contributed by atoms with Crippen molar-refractivity contribution >= 4 is 11.8 Å². The lowest BCUT2D eigenvalue weighted by molar-refractivity contribution is -0.138. The van der Waals surface area contributed by atoms with Gasteiger partial charge in [0.15, 0.2) is 11.5 Å². The molecule has 2 aromatic rings. The second kappa shape index (κ2) is 7.80. The van der Waals surface area contributed by atoms with Gasteiger partial charge in [-0.2, -0.15) is 0 Å². The van der Waals surface area contributed by atoms with Crippen LogP contribution in [0.4, 0.5) is 0 Å². The van der Waals surface area contributed by atoms with Gasteiger partial charge in [-0.3, -0.25) is 9.59 Å². The van der Waals surface area contributed by atoms with Gasteiger partial charge in [0, 0.05) is 13.0 Å². The van der Waals surface area contributed by atoms with Crippen LogP contribution >= 0.6 is 0 Å². The van der Waals surface area contributed by atoms with Gasteiger partial charge in [0.1, 0.15) is 5.75 Å². The van der Waals surface area contributed by atoms with Crippen molar-refractivity contribution in [3.05, 3.63) is 53.6 Å². The zero-order chi connectivity index (χ0) is 21.4. The average Bonchev–Trinajstić information content (AvgIpc) is 3.40. The summed E-state index contributed by atoms with van der Waals surface area (Å²) in [5.74, 6) is 2.25. The molecule has 31 heavy (non-hydrogen) atoms. The van der Waals surface area contributed by atoms with E-state index in [1.807, 2.05) is 47.4 Å². The molecule has 0 radical (unpaired) electrons. The molecule has 0 aromatic heterocycles. The van der Waals surface area contributed by atoms with E-state index in [1.54, 1.807) is 7.11 Å². The third-order valence-electron chi connectivity index (χ3n) is 6.59. The minimum absolute atomic E-state index is 0.0416. The molecule has 7 nitrogen and oxygen atoms in total. The SMILES string of the molecule is COc1ccc([C@H]2N(C(=O)Cc3ccc4c(c3)OCO4)CCC[C@]23CCC(=O)N3)cc1. The van der Waals surface area contributed by atoms with Crippen molar-refractivity contribution in [1.82, 2.24) is 10.2 Å². The van der Waals surface area contributed by atoms with Crippen LogP contribution in [0.1, 0.15) is 42.9 Å². The Morgan fingerprint density at radius 2 is 1.97 bits per heavy atom. The first kappa shape index (κ1) is 19.7. The number of nitrogens with zero attached hydrogens (tertiary/aromatic N) is 1. The van der Waals surface area contributed by atoms with Crippen LogP contribution in [-0.4, -0.2) is 42.7 Å². The zero-order valence-electron chi connectivity index (χ0n) is 17.6. The topological polar surface area (TPSA) is 77.1 Å². The molecule has 0 aliphatic carbocycles. The Hall–Kier alpha value is -3.22. The quantitative estimate of drug-likeness (QED) is 0.820. The molecule has 2 saturated heterocycles. The van der Waals surface area contributed by atoms with E-state index in [4.69, 9.17) is 14.2 Å². The molecule has 0 bridgehead atoms. The van der Waals surface area contributed by atoms with Gasteiger partial charge in [0.2, 0.25) is 18.6 Å². The number of benzene rings is 2. The summed E-state index contributed by atoms with van der Waals surface area (Å²) in [4.78, 5) is 27.7. The van der Waals surface area contributed by atoms with Crippen LogP contribution in [0.25, 0.3) is 0 Å². The second-order valence-electron chi connectivity index (χ2n) is 8.44. The maximum atomic E-state index is 13.5. The number of methoxy groups -OCH3 is 1. The molecule has 7 heteroatoms. The summed E-state index contributed by atoms with van der Waals surface area (Å²) < 4.78 is 16.1. The first-order chi connectivity index (χ1) is 15.1. The highest BCUT2D eigenvalue weighted by Crippen LogP contribution is 2.45. The molecule has 2 amide bonds. The number of ether oxygens (including phenoxy) is 3. The summed E-state index contributed by atoms with van der Waals surface area (Å²) in [5.41, 5.74) is 1.48. The normalized spacial score (nSPS) is 24.4. The minimum Gasteiger partial charge on any atom is -0.497 e. The Morgan fingerprint density at radius 1 is 1.16 bits per heavy atom. The molecule has 2 atom stereocenters. The van der Waals surface area contributed by atoms with Crippen LogP contribution in [0.3, 0.4) is 0 Å². The van der Waals surface area contributed by atoms with Crippen molar-refractivity contribution in [2.45, 2.75) is 43.7 Å². The molecule has 0 unspecified atom stereocenters. The summed E-state index contributed by atoms with van der Waals surface area (Å²) in [5, 5.41) is 3.23. The van der Waals surface area contributed by atoms with E-state index in [0.717, 1.165) is 36.1 Å². The first-order valence-electron chi connectivity index (χ1n) is 10.7. The van der Waals surface area contributed by atoms with Crippen LogP contribution in [0, 0.1) is 0 Å². The Labute approximate surface area is 181 Å². The minimum atomic E-state index is -0.422. The molecule has 2 fully saturated rings. The van der Waals surface area contributed by atoms with Gasteiger partial charge in [-0.15, -0.1) is 0 Å². The van der Waals surface area contributed by atoms with Crippen molar-refractivity contribution in [3.63, 3.8) is 0 Å². The molecule has 1 spiro atoms. The molecule has 1 N–H and O–H groups in total. The fourth-order valence-corrected chi connectivity index (χ4v) is 5.14. The van der Waals surface area contributed by atoms with Crippen molar-refractivity contribution in [1.29, 1.82) is 0 Å². The van der Waals surface area contributed by atoms with E-state index >= 15 is 0 Å². The monoisotopic (exact) mass is 422 g/mol. The number of piperidine rings is 1. The molecule has 162 valence electrons. The van der Waals surface area contributed by atoms with E-state index in [-0.39, 0.29) is 31.1 Å². The number of carbonyl (C=O) groups is 2. The number of rotatable bonds is 4. The predicted molar refractivity (Wildman–Crippen MR) is 113 cm³/mol. The zero-order valence-corrected chi connectivity index (χ0v) is 17.6. The molecule has 0 saturated carbocycles. The van der Waals surface area contributed by atoms with Crippen LogP contribution < -0.4 is 19.5 Å². The standard InChI is InChI=1S/C24H26N2O5/c1-29-18-6-4-17(5-7-18)23-24(11-9-21(27)25-24)10-2-12-26(23)22(28)14-16-3-8-19-20(13-16)31-15-30-19/h3-8,13,23H,2,9-12,14-15H2,1H3,(H,25,27)/t23-,24+/m1/s1. The Morgan fingerprint density at radius 3 is 2.71 bits per heavy atom. The highest BCUT2D eigenvalue weighted by atomic mass is 16.7. The number of fused-ring (bicyclic) bond motifs is 1. The first-order valence-corrected chi connectivity index (χ1v) is 10.7. The van der Waals surface area contributed by atoms with Crippen LogP contribution in [0.15, 0.2) is 42.5 Å². The molecular weight excluding hydrogens is 396 g/mol. The summed E-state index contributed by atoms with van der Waals surface area (Å²) in [6.45, 7) is 0.873. The molecule has 5 rings (SSSR count). The van der Waals surface area contributed by atoms with Gasteiger partial charge in [-0.05, 0) is 54.7 Å². The highest BCUT2D eigenvalue weighted by molar-refractivity contribution is 5.82. The fraction of sp³-hybridized carbons (Fsp3) is 0.417. The van der Waals surface area contributed by atoms with Crippen LogP contribution in [-0.2, 0) is 16.0 Å². The summed E-state index contributed by atoms with van der Waals surface area (Å²) in [6.07, 6.45) is 3.23. The number of likely N-dealkylation sites (tertiary alicyclic amines) is 1. The number of hydrogen-bond donors (Lipinski definition) is 1. The lowest BCUT2D eigenvalue weighted by atomic mass is 9.76. The Balaban J connectivity index is 1.45. The number of nitrogens with one attached hydrogen (secondary N) is 1. The number of hydrogen-bond acceptors (Lipinski definition) is 5. The highest BCUT2D eigenvalue weighted by Gasteiger charge is 2.50. The number of amides is 2. The maximum Gasteiger partial charge on any atom is 0.231 e. The third-order valence-corrected chi connectivity index (χ3v) is 6.59. The van der Waals surface area contributed by atoms with Gasteiger partial charge in [-0.25, -0.2) is 0 Å². The third kappa shape index (κ3) is 3.58. The molecule has 2 aromatic carbocycles. The predicted octanol–water partition coefficient (Wildman–Crippen LogP) is 2.98. The van der Waals surface area contributed by atoms with Crippen LogP contribution in [0.5, 0.6) is 17.2 Å². The molecule has 3 aliphatic rings. The van der Waals surface area contributed by atoms with Gasteiger partial charge < -0.3 is 24.4 Å². The van der Waals surface area contributed by atoms with Crippen LogP contribution in [0.2, 0.25) is 0 Å². The summed E-state index contributed by atoms with van der Waals surface area (Å²) in [7, 11) is 1.63. The molecular formula is C24H26N2O5. The Kier molecular flexibility index (Phi) is 4.96. The smallest absolute Gasteiger partial charge is 0.231 e. The van der Waals surface area contributed by atoms with Gasteiger partial charge in [0.25, 0.3) is 0 Å². The second-order valence-corrected chi connectivity index (χ2v) is 8.44. The van der Waals surface area contributed by atoms with Gasteiger partial charge in [0.05, 0.1) is 25.1 Å². The maximum absolute atomic E-state index is 13.5. The van der Waals surface area contributed by atoms with Gasteiger partial charge in [-0.1, -0.05) is 18.2 Å². The van der Waals surface area contributed by atoms with Crippen molar-refractivity contribution in [2.24, 2.45) is 0 Å². The van der Waals surface area contributed by atoms with E-state index in [1.165, 1.54) is 0 Å². The fourth-order valence-electron chi connectivity index (χ4n) is 5.14. The van der Waals surface area contributed by atoms with Crippen molar-refractivity contribution < 1.29 is 23.8 Å². The average molecular weight is 422 g/mol. The lowest BCUT2D eigenvalue weighted by Crippen LogP contribution is -2.58.